The van der Waals surface area contributed by atoms with Crippen LogP contribution in [0.5, 0.6) is 0 Å². The molecule has 1 aromatic rings. The van der Waals surface area contributed by atoms with Gasteiger partial charge in [-0.05, 0) is 30.5 Å². The Hall–Kier alpha value is -2.18. The van der Waals surface area contributed by atoms with E-state index in [1.54, 1.807) is 0 Å². The number of hydrogen-bond acceptors (Lipinski definition) is 4. The van der Waals surface area contributed by atoms with E-state index < -0.39 is 17.4 Å². The molecule has 148 valence electrons. The molecule has 3 saturated heterocycles. The van der Waals surface area contributed by atoms with Crippen molar-refractivity contribution in [1.82, 2.24) is 9.80 Å². The molecule has 28 heavy (non-hydrogen) atoms. The van der Waals surface area contributed by atoms with Crippen LogP contribution in [-0.2, 0) is 25.6 Å². The van der Waals surface area contributed by atoms with Gasteiger partial charge in [-0.15, -0.1) is 0 Å². The molecule has 4 atom stereocenters. The predicted octanol–water partition coefficient (Wildman–Crippen LogP) is 1.44. The second kappa shape index (κ2) is 6.42. The molecule has 2 bridgehead atoms. The van der Waals surface area contributed by atoms with E-state index in [-0.39, 0.29) is 17.9 Å². The predicted molar refractivity (Wildman–Crippen MR) is 102 cm³/mol. The number of ether oxygens (including phenoxy) is 2. The van der Waals surface area contributed by atoms with Crippen LogP contribution in [-0.4, -0.2) is 66.2 Å². The number of benzene rings is 1. The van der Waals surface area contributed by atoms with Crippen molar-refractivity contribution in [2.75, 3.05) is 32.8 Å². The van der Waals surface area contributed by atoms with Gasteiger partial charge >= 0.3 is 0 Å². The van der Waals surface area contributed by atoms with Crippen molar-refractivity contribution in [1.29, 1.82) is 0 Å². The molecule has 6 heteroatoms. The fourth-order valence-corrected chi connectivity index (χ4v) is 5.11. The van der Waals surface area contributed by atoms with Gasteiger partial charge < -0.3 is 19.3 Å². The van der Waals surface area contributed by atoms with Gasteiger partial charge in [-0.3, -0.25) is 9.59 Å². The first-order chi connectivity index (χ1) is 13.5. The zero-order chi connectivity index (χ0) is 19.5. The SMILES string of the molecule is Cc1ccc(CN2C[C@]34C=C[C@H](O3)[C@@H](C(=O)N3CCOCC3)[C@H]4C2=O)cc1C. The fraction of sp³-hybridized carbons (Fsp3) is 0.545. The summed E-state index contributed by atoms with van der Waals surface area (Å²) in [5, 5.41) is 0. The molecule has 1 spiro atoms. The van der Waals surface area contributed by atoms with Crippen LogP contribution in [0, 0.1) is 25.7 Å². The van der Waals surface area contributed by atoms with Crippen molar-refractivity contribution in [2.24, 2.45) is 11.8 Å². The number of aryl methyl sites for hydroxylation is 2. The van der Waals surface area contributed by atoms with E-state index >= 15 is 0 Å². The monoisotopic (exact) mass is 382 g/mol. The average molecular weight is 382 g/mol. The number of carbonyl (C=O) groups excluding carboxylic acids is 2. The molecule has 1 aromatic carbocycles. The van der Waals surface area contributed by atoms with Crippen LogP contribution in [0.25, 0.3) is 0 Å². The van der Waals surface area contributed by atoms with E-state index in [2.05, 4.69) is 32.0 Å². The summed E-state index contributed by atoms with van der Waals surface area (Å²) < 4.78 is 11.6. The number of amides is 2. The van der Waals surface area contributed by atoms with Gasteiger partial charge in [0.15, 0.2) is 0 Å². The maximum atomic E-state index is 13.3. The van der Waals surface area contributed by atoms with Crippen LogP contribution in [0.2, 0.25) is 0 Å². The molecule has 5 rings (SSSR count). The lowest BCUT2D eigenvalue weighted by Crippen LogP contribution is -2.49. The molecule has 4 aliphatic rings. The van der Waals surface area contributed by atoms with Gasteiger partial charge in [0.25, 0.3) is 0 Å². The van der Waals surface area contributed by atoms with Crippen LogP contribution >= 0.6 is 0 Å². The molecule has 4 heterocycles. The van der Waals surface area contributed by atoms with Crippen LogP contribution in [0.1, 0.15) is 16.7 Å². The molecule has 4 aliphatic heterocycles. The van der Waals surface area contributed by atoms with Crippen molar-refractivity contribution in [2.45, 2.75) is 32.1 Å². The van der Waals surface area contributed by atoms with Gasteiger partial charge in [0.05, 0.1) is 37.7 Å². The van der Waals surface area contributed by atoms with Crippen molar-refractivity contribution < 1.29 is 19.1 Å². The zero-order valence-corrected chi connectivity index (χ0v) is 16.4. The highest BCUT2D eigenvalue weighted by atomic mass is 16.5. The first kappa shape index (κ1) is 17.9. The fourth-order valence-electron chi connectivity index (χ4n) is 5.11. The van der Waals surface area contributed by atoms with Crippen LogP contribution < -0.4 is 0 Å². The van der Waals surface area contributed by atoms with E-state index in [1.807, 2.05) is 22.0 Å². The Bertz CT molecular complexity index is 860. The molecule has 0 aromatic heterocycles. The summed E-state index contributed by atoms with van der Waals surface area (Å²) in [4.78, 5) is 30.2. The number of carbonyl (C=O) groups is 2. The van der Waals surface area contributed by atoms with Gasteiger partial charge in [0, 0.05) is 19.6 Å². The van der Waals surface area contributed by atoms with Gasteiger partial charge in [-0.25, -0.2) is 0 Å². The van der Waals surface area contributed by atoms with Crippen LogP contribution in [0.15, 0.2) is 30.4 Å². The minimum absolute atomic E-state index is 0.0332. The minimum Gasteiger partial charge on any atom is -0.378 e. The quantitative estimate of drug-likeness (QED) is 0.743. The highest BCUT2D eigenvalue weighted by Gasteiger charge is 2.67. The Balaban J connectivity index is 1.39. The van der Waals surface area contributed by atoms with Crippen LogP contribution in [0.3, 0.4) is 0 Å². The second-order valence-electron chi connectivity index (χ2n) is 8.45. The Labute approximate surface area is 165 Å². The summed E-state index contributed by atoms with van der Waals surface area (Å²) in [6.07, 6.45) is 3.71. The van der Waals surface area contributed by atoms with Crippen molar-refractivity contribution in [3.8, 4) is 0 Å². The Morgan fingerprint density at radius 2 is 2.00 bits per heavy atom. The maximum absolute atomic E-state index is 13.3. The van der Waals surface area contributed by atoms with E-state index in [0.717, 1.165) is 5.56 Å². The third-order valence-corrected chi connectivity index (χ3v) is 6.73. The number of morpholine rings is 1. The smallest absolute Gasteiger partial charge is 0.230 e. The minimum atomic E-state index is -0.645. The molecule has 3 fully saturated rings. The van der Waals surface area contributed by atoms with Gasteiger partial charge in [-0.1, -0.05) is 30.4 Å². The third-order valence-electron chi connectivity index (χ3n) is 6.73. The van der Waals surface area contributed by atoms with Crippen molar-refractivity contribution in [3.05, 3.63) is 47.0 Å². The molecule has 6 nitrogen and oxygen atoms in total. The van der Waals surface area contributed by atoms with Gasteiger partial charge in [-0.2, -0.15) is 0 Å². The molecule has 0 aliphatic carbocycles. The Kier molecular flexibility index (Phi) is 4.10. The highest BCUT2D eigenvalue weighted by molar-refractivity contribution is 5.93. The van der Waals surface area contributed by atoms with Crippen molar-refractivity contribution >= 4 is 11.8 Å². The summed E-state index contributed by atoms with van der Waals surface area (Å²) >= 11 is 0. The van der Waals surface area contributed by atoms with E-state index in [0.29, 0.717) is 39.4 Å². The molecule has 0 radical (unpaired) electrons. The lowest BCUT2D eigenvalue weighted by molar-refractivity contribution is -0.146. The summed E-state index contributed by atoms with van der Waals surface area (Å²) in [7, 11) is 0. The average Bonchev–Trinajstić information content (AvgIpc) is 3.33. The molecular weight excluding hydrogens is 356 g/mol. The molecular formula is C22H26N2O4. The summed E-state index contributed by atoms with van der Waals surface area (Å²) in [6, 6.07) is 6.31. The van der Waals surface area contributed by atoms with E-state index in [9.17, 15) is 9.59 Å². The Morgan fingerprint density at radius 1 is 1.21 bits per heavy atom. The lowest BCUT2D eigenvalue weighted by Gasteiger charge is -2.32. The summed E-state index contributed by atoms with van der Waals surface area (Å²) in [5.41, 5.74) is 2.93. The van der Waals surface area contributed by atoms with Crippen LogP contribution in [0.4, 0.5) is 0 Å². The number of rotatable bonds is 3. The Morgan fingerprint density at radius 3 is 2.75 bits per heavy atom. The zero-order valence-electron chi connectivity index (χ0n) is 16.4. The topological polar surface area (TPSA) is 59.1 Å². The van der Waals surface area contributed by atoms with E-state index in [4.69, 9.17) is 9.47 Å². The second-order valence-corrected chi connectivity index (χ2v) is 8.45. The van der Waals surface area contributed by atoms with Crippen molar-refractivity contribution in [3.63, 3.8) is 0 Å². The molecule has 0 saturated carbocycles. The number of fused-ring (bicyclic) bond motifs is 1. The number of nitrogens with zero attached hydrogens (tertiary/aromatic N) is 2. The molecule has 2 amide bonds. The lowest BCUT2D eigenvalue weighted by atomic mass is 9.76. The third kappa shape index (κ3) is 2.62. The normalized spacial score (nSPS) is 33.6. The largest absolute Gasteiger partial charge is 0.378 e. The van der Waals surface area contributed by atoms with E-state index in [1.165, 1.54) is 11.1 Å². The number of hydrogen-bond donors (Lipinski definition) is 0. The molecule has 0 unspecified atom stereocenters. The molecule has 0 N–H and O–H groups in total. The van der Waals surface area contributed by atoms with Gasteiger partial charge in [0.2, 0.25) is 11.8 Å². The number of likely N-dealkylation sites (tertiary alicyclic amines) is 1. The first-order valence-electron chi connectivity index (χ1n) is 10.1. The maximum Gasteiger partial charge on any atom is 0.230 e. The van der Waals surface area contributed by atoms with Gasteiger partial charge in [0.1, 0.15) is 5.60 Å². The summed E-state index contributed by atoms with van der Waals surface area (Å²) in [5.74, 6) is -0.757. The first-order valence-corrected chi connectivity index (χ1v) is 10.1. The highest BCUT2D eigenvalue weighted by Crippen LogP contribution is 2.52. The summed E-state index contributed by atoms with van der Waals surface area (Å²) in [6.45, 7) is 7.54. The standard InChI is InChI=1S/C22H26N2O4/c1-14-3-4-16(11-15(14)2)12-24-13-22-6-5-17(28-22)18(19(22)21(24)26)20(25)23-7-9-27-10-8-23/h3-6,11,17-19H,7-10,12-13H2,1-2H3/t17-,18+,19-,22-/m0/s1.